The average molecular weight is 538 g/mol. The molecular formula is C25H30Cl2N4O3S. The first-order valence-electron chi connectivity index (χ1n) is 11.0. The van der Waals surface area contributed by atoms with E-state index in [-0.39, 0.29) is 36.8 Å². The van der Waals surface area contributed by atoms with Crippen molar-refractivity contribution in [3.05, 3.63) is 64.5 Å². The lowest BCUT2D eigenvalue weighted by molar-refractivity contribution is -0.138. The van der Waals surface area contributed by atoms with E-state index in [9.17, 15) is 9.90 Å². The average Bonchev–Trinajstić information content (AvgIpc) is 3.41. The second-order valence-corrected chi connectivity index (χ2v) is 9.61. The summed E-state index contributed by atoms with van der Waals surface area (Å²) in [5.74, 6) is -0.115. The van der Waals surface area contributed by atoms with Crippen LogP contribution >= 0.6 is 36.2 Å². The van der Waals surface area contributed by atoms with Gasteiger partial charge in [-0.2, -0.15) is 0 Å². The van der Waals surface area contributed by atoms with Crippen LogP contribution in [0, 0.1) is 10.8 Å². The fourth-order valence-corrected chi connectivity index (χ4v) is 5.27. The van der Waals surface area contributed by atoms with Gasteiger partial charge in [-0.15, -0.1) is 36.2 Å². The molecule has 2 atom stereocenters. The van der Waals surface area contributed by atoms with Gasteiger partial charge in [-0.1, -0.05) is 12.1 Å². The third kappa shape index (κ3) is 6.87. The van der Waals surface area contributed by atoms with Crippen LogP contribution in [0.4, 0.5) is 0 Å². The van der Waals surface area contributed by atoms with E-state index >= 15 is 0 Å². The molecule has 0 bridgehead atoms. The minimum absolute atomic E-state index is 0. The van der Waals surface area contributed by atoms with Crippen molar-refractivity contribution in [2.75, 3.05) is 13.1 Å². The minimum Gasteiger partial charge on any atom is -0.489 e. The maximum absolute atomic E-state index is 12.0. The number of thiophene rings is 1. The Morgan fingerprint density at radius 2 is 1.91 bits per heavy atom. The number of rotatable bonds is 8. The number of carbonyl (C=O) groups is 1. The summed E-state index contributed by atoms with van der Waals surface area (Å²) >= 11 is 1.65. The van der Waals surface area contributed by atoms with Crippen molar-refractivity contribution in [3.63, 3.8) is 0 Å². The van der Waals surface area contributed by atoms with Gasteiger partial charge in [0.25, 0.3) is 0 Å². The molecule has 4 rings (SSSR count). The van der Waals surface area contributed by atoms with E-state index in [0.29, 0.717) is 30.8 Å². The van der Waals surface area contributed by atoms with Crippen molar-refractivity contribution >= 4 is 63.9 Å². The van der Waals surface area contributed by atoms with E-state index in [2.05, 4.69) is 6.07 Å². The summed E-state index contributed by atoms with van der Waals surface area (Å²) in [5.41, 5.74) is 7.04. The van der Waals surface area contributed by atoms with Crippen LogP contribution in [0.2, 0.25) is 0 Å². The smallest absolute Gasteiger partial charge is 0.310 e. The van der Waals surface area contributed by atoms with Crippen LogP contribution in [-0.4, -0.2) is 46.8 Å². The Balaban J connectivity index is 0.00000216. The number of nitrogens with zero attached hydrogens (tertiary/aromatic N) is 1. The van der Waals surface area contributed by atoms with Crippen LogP contribution in [0.3, 0.4) is 0 Å². The lowest BCUT2D eigenvalue weighted by Crippen LogP contribution is -2.28. The molecule has 2 aromatic carbocycles. The van der Waals surface area contributed by atoms with Crippen molar-refractivity contribution in [2.45, 2.75) is 38.2 Å². The quantitative estimate of drug-likeness (QED) is 0.230. The maximum atomic E-state index is 12.0. The highest BCUT2D eigenvalue weighted by molar-refractivity contribution is 7.19. The summed E-state index contributed by atoms with van der Waals surface area (Å²) < 4.78 is 7.14. The summed E-state index contributed by atoms with van der Waals surface area (Å²) in [6.07, 6.45) is 2.07. The lowest BCUT2D eigenvalue weighted by Gasteiger charge is -2.18. The SMILES string of the molecule is CC(=N)N1CC[C@H](Oc2ccc(C(CCc3cc4cc(C(=N)N)ccc4s3)C(=O)O)cc2)C1.Cl.Cl. The number of fused-ring (bicyclic) bond motifs is 1. The van der Waals surface area contributed by atoms with Gasteiger partial charge in [-0.3, -0.25) is 15.6 Å². The van der Waals surface area contributed by atoms with E-state index in [1.165, 1.54) is 0 Å². The second kappa shape index (κ2) is 12.2. The van der Waals surface area contributed by atoms with E-state index < -0.39 is 11.9 Å². The van der Waals surface area contributed by atoms with Crippen LogP contribution in [0.5, 0.6) is 5.75 Å². The Morgan fingerprint density at radius 1 is 1.20 bits per heavy atom. The number of hydrogen-bond donors (Lipinski definition) is 4. The molecule has 0 radical (unpaired) electrons. The molecule has 1 unspecified atom stereocenters. The third-order valence-corrected chi connectivity index (χ3v) is 7.24. The monoisotopic (exact) mass is 536 g/mol. The Kier molecular flexibility index (Phi) is 9.94. The summed E-state index contributed by atoms with van der Waals surface area (Å²) in [7, 11) is 0. The first kappa shape index (κ1) is 28.4. The molecule has 0 aliphatic carbocycles. The zero-order valence-corrected chi connectivity index (χ0v) is 21.8. The zero-order valence-electron chi connectivity index (χ0n) is 19.3. The molecule has 7 nitrogen and oxygen atoms in total. The molecule has 0 amide bonds. The van der Waals surface area contributed by atoms with Gasteiger partial charge < -0.3 is 20.5 Å². The van der Waals surface area contributed by atoms with Crippen molar-refractivity contribution in [2.24, 2.45) is 5.73 Å². The first-order valence-corrected chi connectivity index (χ1v) is 11.8. The van der Waals surface area contributed by atoms with Gasteiger partial charge in [-0.05, 0) is 67.1 Å². The summed E-state index contributed by atoms with van der Waals surface area (Å²) in [6, 6.07) is 15.1. The van der Waals surface area contributed by atoms with Crippen molar-refractivity contribution < 1.29 is 14.6 Å². The van der Waals surface area contributed by atoms with Gasteiger partial charge in [-0.25, -0.2) is 0 Å². The molecule has 1 aliphatic heterocycles. The number of likely N-dealkylation sites (tertiary alicyclic amines) is 1. The van der Waals surface area contributed by atoms with Crippen LogP contribution in [0.1, 0.15) is 41.7 Å². The fraction of sp³-hybridized carbons (Fsp3) is 0.320. The number of aliphatic carboxylic acids is 1. The highest BCUT2D eigenvalue weighted by Gasteiger charge is 2.25. The number of aryl methyl sites for hydroxylation is 1. The molecule has 0 saturated carbocycles. The molecule has 1 saturated heterocycles. The zero-order chi connectivity index (χ0) is 23.5. The van der Waals surface area contributed by atoms with E-state index in [1.54, 1.807) is 18.3 Å². The second-order valence-electron chi connectivity index (χ2n) is 8.44. The lowest BCUT2D eigenvalue weighted by atomic mass is 9.94. The van der Waals surface area contributed by atoms with E-state index in [1.807, 2.05) is 47.4 Å². The molecule has 2 heterocycles. The molecule has 1 aliphatic rings. The van der Waals surface area contributed by atoms with Gasteiger partial charge in [0.15, 0.2) is 0 Å². The number of halogens is 2. The predicted molar refractivity (Wildman–Crippen MR) is 146 cm³/mol. The summed E-state index contributed by atoms with van der Waals surface area (Å²) in [4.78, 5) is 15.1. The summed E-state index contributed by atoms with van der Waals surface area (Å²) in [6.45, 7) is 3.32. The van der Waals surface area contributed by atoms with Gasteiger partial charge in [0.05, 0.1) is 18.3 Å². The summed E-state index contributed by atoms with van der Waals surface area (Å²) in [5, 5.41) is 26.2. The van der Waals surface area contributed by atoms with Crippen LogP contribution in [-0.2, 0) is 11.2 Å². The molecule has 5 N–H and O–H groups in total. The number of amidine groups is 2. The van der Waals surface area contributed by atoms with Crippen molar-refractivity contribution in [3.8, 4) is 5.75 Å². The normalized spacial score (nSPS) is 15.7. The van der Waals surface area contributed by atoms with Crippen LogP contribution in [0.25, 0.3) is 10.1 Å². The molecule has 10 heteroatoms. The van der Waals surface area contributed by atoms with Gasteiger partial charge in [0, 0.05) is 28.1 Å². The Morgan fingerprint density at radius 3 is 2.51 bits per heavy atom. The number of hydrogen-bond acceptors (Lipinski definition) is 5. The van der Waals surface area contributed by atoms with Crippen LogP contribution < -0.4 is 10.5 Å². The molecule has 1 aromatic heterocycles. The number of nitrogens with two attached hydrogens (primary N) is 1. The molecule has 0 spiro atoms. The number of nitrogens with one attached hydrogen (secondary N) is 2. The van der Waals surface area contributed by atoms with Gasteiger partial charge in [0.2, 0.25) is 0 Å². The molecular weight excluding hydrogens is 507 g/mol. The number of nitrogen functional groups attached to an aromatic ring is 1. The highest BCUT2D eigenvalue weighted by atomic mass is 35.5. The highest BCUT2D eigenvalue weighted by Crippen LogP contribution is 2.31. The minimum atomic E-state index is -0.837. The molecule has 188 valence electrons. The van der Waals surface area contributed by atoms with Crippen molar-refractivity contribution in [1.29, 1.82) is 10.8 Å². The predicted octanol–water partition coefficient (Wildman–Crippen LogP) is 5.28. The fourth-order valence-electron chi connectivity index (χ4n) is 4.21. The first-order chi connectivity index (χ1) is 15.8. The van der Waals surface area contributed by atoms with E-state index in [0.717, 1.165) is 39.2 Å². The number of ether oxygens (including phenoxy) is 1. The van der Waals surface area contributed by atoms with Crippen molar-refractivity contribution in [1.82, 2.24) is 4.90 Å². The maximum Gasteiger partial charge on any atom is 0.310 e. The molecule has 3 aromatic rings. The van der Waals surface area contributed by atoms with Gasteiger partial charge in [0.1, 0.15) is 17.7 Å². The van der Waals surface area contributed by atoms with E-state index in [4.69, 9.17) is 21.3 Å². The Labute approximate surface area is 221 Å². The standard InChI is InChI=1S/C25H28N4O3S.2ClH/c1-15(26)29-11-10-20(14-29)32-19-5-2-16(3-6-19)22(25(30)31)8-7-21-13-18-12-17(24(27)28)4-9-23(18)33-21;;/h2-6,9,12-13,20,22,26H,7-8,10-11,14H2,1H3,(H3,27,28)(H,30,31);2*1H/t20-,22?;;/m0../s1. The topological polar surface area (TPSA) is 123 Å². The Bertz CT molecular complexity index is 1200. The number of carboxylic acid groups (broad SMARTS) is 1. The number of benzene rings is 2. The Hall–Kier alpha value is -2.81. The number of carboxylic acids is 1. The van der Waals surface area contributed by atoms with Gasteiger partial charge >= 0.3 is 5.97 Å². The third-order valence-electron chi connectivity index (χ3n) is 6.06. The molecule has 35 heavy (non-hydrogen) atoms. The van der Waals surface area contributed by atoms with Crippen LogP contribution in [0.15, 0.2) is 48.5 Å². The largest absolute Gasteiger partial charge is 0.489 e. The molecule has 1 fully saturated rings.